The fourth-order valence-electron chi connectivity index (χ4n) is 1.87. The second-order valence-electron chi connectivity index (χ2n) is 5.04. The molecule has 1 rings (SSSR count). The van der Waals surface area contributed by atoms with Crippen molar-refractivity contribution in [3.63, 3.8) is 0 Å². The number of hydrogen-bond acceptors (Lipinski definition) is 3. The van der Waals surface area contributed by atoms with Gasteiger partial charge in [-0.15, -0.1) is 11.6 Å². The van der Waals surface area contributed by atoms with Gasteiger partial charge in [0.1, 0.15) is 0 Å². The molecule has 0 aliphatic heterocycles. The van der Waals surface area contributed by atoms with Gasteiger partial charge >= 0.3 is 6.03 Å². The SMILES string of the molecule is CCCCNC(=O)NS(=O)(=O)c1ccc(C(Cl)CCC)cc1. The second-order valence-corrected chi connectivity index (χ2v) is 7.25. The summed E-state index contributed by atoms with van der Waals surface area (Å²) in [7, 11) is -3.86. The van der Waals surface area contributed by atoms with E-state index in [-0.39, 0.29) is 10.3 Å². The number of hydrogen-bond donors (Lipinski definition) is 2. The lowest BCUT2D eigenvalue weighted by Gasteiger charge is -2.11. The average Bonchev–Trinajstić information content (AvgIpc) is 2.47. The minimum atomic E-state index is -3.86. The van der Waals surface area contributed by atoms with Gasteiger partial charge in [-0.25, -0.2) is 17.9 Å². The molecule has 1 aromatic carbocycles. The van der Waals surface area contributed by atoms with Crippen molar-refractivity contribution in [2.24, 2.45) is 0 Å². The first kappa shape index (κ1) is 18.8. The summed E-state index contributed by atoms with van der Waals surface area (Å²) in [6.07, 6.45) is 3.50. The van der Waals surface area contributed by atoms with Crippen molar-refractivity contribution in [3.05, 3.63) is 29.8 Å². The van der Waals surface area contributed by atoms with Gasteiger partial charge in [-0.1, -0.05) is 38.8 Å². The van der Waals surface area contributed by atoms with Crippen LogP contribution in [0.3, 0.4) is 0 Å². The van der Waals surface area contributed by atoms with Crippen LogP contribution in [0.1, 0.15) is 50.5 Å². The number of carbonyl (C=O) groups is 1. The molecule has 124 valence electrons. The van der Waals surface area contributed by atoms with Gasteiger partial charge in [-0.3, -0.25) is 0 Å². The summed E-state index contributed by atoms with van der Waals surface area (Å²) < 4.78 is 26.1. The lowest BCUT2D eigenvalue weighted by molar-refractivity contribution is 0.245. The minimum absolute atomic E-state index is 0.0438. The summed E-state index contributed by atoms with van der Waals surface area (Å²) in [5.41, 5.74) is 0.870. The van der Waals surface area contributed by atoms with Gasteiger partial charge in [0.05, 0.1) is 10.3 Å². The van der Waals surface area contributed by atoms with Crippen molar-refractivity contribution in [2.45, 2.75) is 49.8 Å². The normalized spacial score (nSPS) is 12.7. The lowest BCUT2D eigenvalue weighted by atomic mass is 10.1. The first-order chi connectivity index (χ1) is 10.4. The van der Waals surface area contributed by atoms with Crippen LogP contribution in [0.4, 0.5) is 4.79 Å². The van der Waals surface area contributed by atoms with E-state index in [0.29, 0.717) is 6.54 Å². The molecule has 0 saturated heterocycles. The number of halogens is 1. The number of sulfonamides is 1. The summed E-state index contributed by atoms with van der Waals surface area (Å²) >= 11 is 6.20. The molecule has 5 nitrogen and oxygen atoms in total. The van der Waals surface area contributed by atoms with Crippen LogP contribution in [0, 0.1) is 0 Å². The molecule has 2 amide bonds. The average molecular weight is 347 g/mol. The summed E-state index contributed by atoms with van der Waals surface area (Å²) in [6.45, 7) is 4.47. The molecule has 0 spiro atoms. The molecule has 0 aliphatic rings. The van der Waals surface area contributed by atoms with Crippen molar-refractivity contribution in [1.29, 1.82) is 0 Å². The third-order valence-electron chi connectivity index (χ3n) is 3.14. The number of amides is 2. The van der Waals surface area contributed by atoms with Crippen LogP contribution in [-0.2, 0) is 10.0 Å². The van der Waals surface area contributed by atoms with Crippen molar-refractivity contribution in [2.75, 3.05) is 6.54 Å². The van der Waals surface area contributed by atoms with Gasteiger partial charge in [-0.05, 0) is 30.5 Å². The molecule has 0 radical (unpaired) electrons. The third-order valence-corrected chi connectivity index (χ3v) is 4.95. The standard InChI is InChI=1S/C15H23ClN2O3S/c1-3-5-11-17-15(19)18-22(20,21)13-9-7-12(8-10-13)14(16)6-4-2/h7-10,14H,3-6,11H2,1-2H3,(H2,17,18,19). The van der Waals surface area contributed by atoms with E-state index >= 15 is 0 Å². The number of nitrogens with one attached hydrogen (secondary N) is 2. The molecular formula is C15H23ClN2O3S. The van der Waals surface area contributed by atoms with E-state index in [4.69, 9.17) is 11.6 Å². The molecule has 0 fully saturated rings. The van der Waals surface area contributed by atoms with E-state index < -0.39 is 16.1 Å². The molecule has 2 N–H and O–H groups in total. The highest BCUT2D eigenvalue weighted by atomic mass is 35.5. The molecule has 1 unspecified atom stereocenters. The highest BCUT2D eigenvalue weighted by Crippen LogP contribution is 2.26. The van der Waals surface area contributed by atoms with Gasteiger partial charge in [0.2, 0.25) is 0 Å². The number of rotatable bonds is 8. The molecule has 0 aromatic heterocycles. The Balaban J connectivity index is 2.71. The Hall–Kier alpha value is -1.27. The maximum atomic E-state index is 12.1. The monoisotopic (exact) mass is 346 g/mol. The highest BCUT2D eigenvalue weighted by molar-refractivity contribution is 7.90. The van der Waals surface area contributed by atoms with E-state index in [9.17, 15) is 13.2 Å². The highest BCUT2D eigenvalue weighted by Gasteiger charge is 2.17. The zero-order valence-corrected chi connectivity index (χ0v) is 14.5. The van der Waals surface area contributed by atoms with Crippen LogP contribution < -0.4 is 10.0 Å². The quantitative estimate of drug-likeness (QED) is 0.558. The van der Waals surface area contributed by atoms with E-state index in [0.717, 1.165) is 31.2 Å². The van der Waals surface area contributed by atoms with Crippen molar-refractivity contribution >= 4 is 27.7 Å². The molecule has 0 heterocycles. The predicted octanol–water partition coefficient (Wildman–Crippen LogP) is 3.55. The maximum absolute atomic E-state index is 12.1. The fraction of sp³-hybridized carbons (Fsp3) is 0.533. The first-order valence-electron chi connectivity index (χ1n) is 7.45. The smallest absolute Gasteiger partial charge is 0.328 e. The van der Waals surface area contributed by atoms with Gasteiger partial charge in [0.15, 0.2) is 0 Å². The predicted molar refractivity (Wildman–Crippen MR) is 88.6 cm³/mol. The molecule has 22 heavy (non-hydrogen) atoms. The van der Waals surface area contributed by atoms with E-state index in [1.165, 1.54) is 12.1 Å². The number of benzene rings is 1. The zero-order chi connectivity index (χ0) is 16.6. The number of unbranched alkanes of at least 4 members (excludes halogenated alkanes) is 1. The van der Waals surface area contributed by atoms with Crippen LogP contribution in [0.5, 0.6) is 0 Å². The van der Waals surface area contributed by atoms with Crippen LogP contribution >= 0.6 is 11.6 Å². The summed E-state index contributed by atoms with van der Waals surface area (Å²) in [5, 5.41) is 2.37. The summed E-state index contributed by atoms with van der Waals surface area (Å²) in [4.78, 5) is 11.6. The summed E-state index contributed by atoms with van der Waals surface area (Å²) in [5.74, 6) is 0. The fourth-order valence-corrected chi connectivity index (χ4v) is 3.16. The lowest BCUT2D eigenvalue weighted by Crippen LogP contribution is -2.39. The Bertz CT molecular complexity index is 573. The summed E-state index contributed by atoms with van der Waals surface area (Å²) in [6, 6.07) is 5.57. The zero-order valence-electron chi connectivity index (χ0n) is 12.9. The van der Waals surface area contributed by atoms with Crippen molar-refractivity contribution in [1.82, 2.24) is 10.0 Å². The van der Waals surface area contributed by atoms with Crippen molar-refractivity contribution < 1.29 is 13.2 Å². The van der Waals surface area contributed by atoms with Gasteiger partial charge < -0.3 is 5.32 Å². The van der Waals surface area contributed by atoms with E-state index in [1.807, 2.05) is 18.6 Å². The van der Waals surface area contributed by atoms with E-state index in [1.54, 1.807) is 12.1 Å². The third kappa shape index (κ3) is 5.85. The molecule has 7 heteroatoms. The number of carbonyl (C=O) groups excluding carboxylic acids is 1. The molecule has 0 bridgehead atoms. The number of urea groups is 1. The molecule has 0 saturated carbocycles. The Labute approximate surface area is 137 Å². The topological polar surface area (TPSA) is 75.3 Å². The van der Waals surface area contributed by atoms with Gasteiger partial charge in [0, 0.05) is 6.54 Å². The largest absolute Gasteiger partial charge is 0.337 e. The molecule has 0 aliphatic carbocycles. The minimum Gasteiger partial charge on any atom is -0.337 e. The Morgan fingerprint density at radius 1 is 1.18 bits per heavy atom. The van der Waals surface area contributed by atoms with Crippen LogP contribution in [0.15, 0.2) is 29.2 Å². The Morgan fingerprint density at radius 3 is 2.36 bits per heavy atom. The second kappa shape index (κ2) is 9.00. The van der Waals surface area contributed by atoms with Crippen LogP contribution in [0.2, 0.25) is 0 Å². The molecule has 1 aromatic rings. The molecular weight excluding hydrogens is 324 g/mol. The van der Waals surface area contributed by atoms with Crippen LogP contribution in [0.25, 0.3) is 0 Å². The van der Waals surface area contributed by atoms with Crippen molar-refractivity contribution in [3.8, 4) is 0 Å². The maximum Gasteiger partial charge on any atom is 0.328 e. The Kier molecular flexibility index (Phi) is 7.68. The first-order valence-corrected chi connectivity index (χ1v) is 9.37. The molecule has 1 atom stereocenters. The van der Waals surface area contributed by atoms with E-state index in [2.05, 4.69) is 5.32 Å². The van der Waals surface area contributed by atoms with Gasteiger partial charge in [0.25, 0.3) is 10.0 Å². The van der Waals surface area contributed by atoms with Crippen LogP contribution in [-0.4, -0.2) is 21.0 Å². The van der Waals surface area contributed by atoms with Gasteiger partial charge in [-0.2, -0.15) is 0 Å². The number of alkyl halides is 1. The Morgan fingerprint density at radius 2 is 1.82 bits per heavy atom.